The number of benzene rings is 1. The van der Waals surface area contributed by atoms with Crippen molar-refractivity contribution in [2.75, 3.05) is 6.61 Å². The minimum atomic E-state index is -0.373. The number of imidazole rings is 1. The summed E-state index contributed by atoms with van der Waals surface area (Å²) in [6, 6.07) is 10.2. The van der Waals surface area contributed by atoms with Gasteiger partial charge in [0.05, 0.1) is 31.3 Å². The van der Waals surface area contributed by atoms with Crippen molar-refractivity contribution in [1.29, 1.82) is 0 Å². The normalized spacial score (nSPS) is 22.6. The zero-order valence-corrected chi connectivity index (χ0v) is 15.3. The topological polar surface area (TPSA) is 56.7 Å². The Morgan fingerprint density at radius 2 is 2.04 bits per heavy atom. The van der Waals surface area contributed by atoms with Gasteiger partial charge in [0.1, 0.15) is 11.3 Å². The maximum Gasteiger partial charge on any atom is 0.357 e. The predicted molar refractivity (Wildman–Crippen MR) is 98.1 cm³/mol. The second-order valence-electron chi connectivity index (χ2n) is 7.57. The van der Waals surface area contributed by atoms with E-state index in [9.17, 15) is 4.79 Å². The first kappa shape index (κ1) is 17.3. The molecule has 0 N–H and O–H groups in total. The number of epoxide rings is 1. The lowest BCUT2D eigenvalue weighted by Gasteiger charge is -2.36. The van der Waals surface area contributed by atoms with Gasteiger partial charge in [-0.15, -0.1) is 0 Å². The number of hydrogen-bond acceptors (Lipinski definition) is 4. The molecule has 2 aliphatic rings. The van der Waals surface area contributed by atoms with E-state index in [2.05, 4.69) is 24.0 Å². The van der Waals surface area contributed by atoms with E-state index in [0.717, 1.165) is 44.3 Å². The lowest BCUT2D eigenvalue weighted by molar-refractivity contribution is -0.0464. The Balaban J connectivity index is 1.54. The van der Waals surface area contributed by atoms with Gasteiger partial charge >= 0.3 is 5.97 Å². The summed E-state index contributed by atoms with van der Waals surface area (Å²) in [5, 5.41) is 0. The number of hydrogen-bond donors (Lipinski definition) is 0. The molecule has 4 rings (SSSR count). The third-order valence-electron chi connectivity index (χ3n) is 5.65. The Morgan fingerprint density at radius 1 is 1.31 bits per heavy atom. The quantitative estimate of drug-likeness (QED) is 0.578. The maximum atomic E-state index is 13.0. The molecule has 0 spiro atoms. The van der Waals surface area contributed by atoms with Gasteiger partial charge in [0.25, 0.3) is 0 Å². The second-order valence-corrected chi connectivity index (χ2v) is 7.57. The van der Waals surface area contributed by atoms with Crippen LogP contribution in [-0.2, 0) is 9.47 Å². The number of nitrogens with zero attached hydrogens (tertiary/aromatic N) is 2. The monoisotopic (exact) mass is 354 g/mol. The van der Waals surface area contributed by atoms with Crippen molar-refractivity contribution in [3.63, 3.8) is 0 Å². The number of aromatic nitrogens is 2. The number of ether oxygens (including phenoxy) is 2. The van der Waals surface area contributed by atoms with Crippen LogP contribution in [-0.4, -0.2) is 33.8 Å². The highest BCUT2D eigenvalue weighted by atomic mass is 16.6. The largest absolute Gasteiger partial charge is 0.454 e. The first-order valence-corrected chi connectivity index (χ1v) is 9.59. The smallest absolute Gasteiger partial charge is 0.357 e. The molecule has 2 fully saturated rings. The molecule has 26 heavy (non-hydrogen) atoms. The molecule has 0 radical (unpaired) electrons. The van der Waals surface area contributed by atoms with Gasteiger partial charge < -0.3 is 14.0 Å². The Bertz CT molecular complexity index is 746. The fraction of sp³-hybridized carbons (Fsp3) is 0.524. The van der Waals surface area contributed by atoms with E-state index < -0.39 is 0 Å². The molecular formula is C21H26N2O3. The Hall–Kier alpha value is -2.14. The van der Waals surface area contributed by atoms with Gasteiger partial charge in [-0.05, 0) is 38.2 Å². The lowest BCUT2D eigenvalue weighted by Crippen LogP contribution is -2.39. The maximum absolute atomic E-state index is 13.0. The first-order chi connectivity index (χ1) is 12.7. The average Bonchev–Trinajstić information content (AvgIpc) is 3.33. The molecule has 1 saturated heterocycles. The van der Waals surface area contributed by atoms with Crippen molar-refractivity contribution in [2.45, 2.75) is 63.2 Å². The first-order valence-electron chi connectivity index (χ1n) is 9.59. The molecule has 2 atom stereocenters. The summed E-state index contributed by atoms with van der Waals surface area (Å²) >= 11 is 0. The molecule has 1 saturated carbocycles. The summed E-state index contributed by atoms with van der Waals surface area (Å²) < 4.78 is 13.4. The molecule has 1 aromatic heterocycles. The van der Waals surface area contributed by atoms with Crippen LogP contribution in [0.2, 0.25) is 0 Å². The van der Waals surface area contributed by atoms with Crippen LogP contribution in [0.25, 0.3) is 0 Å². The summed E-state index contributed by atoms with van der Waals surface area (Å²) in [5.41, 5.74) is 1.28. The molecule has 138 valence electrons. The number of carbonyl (C=O) groups excluding carboxylic acids is 1. The van der Waals surface area contributed by atoms with Crippen LogP contribution in [0.4, 0.5) is 0 Å². The fourth-order valence-electron chi connectivity index (χ4n) is 4.06. The molecule has 1 aliphatic carbocycles. The summed E-state index contributed by atoms with van der Waals surface area (Å²) in [4.78, 5) is 17.2. The van der Waals surface area contributed by atoms with Crippen LogP contribution in [0.15, 0.2) is 42.9 Å². The van der Waals surface area contributed by atoms with E-state index in [1.54, 1.807) is 12.5 Å². The Kier molecular flexibility index (Phi) is 4.81. The second kappa shape index (κ2) is 7.23. The molecule has 5 heteroatoms. The fourth-order valence-corrected chi connectivity index (χ4v) is 4.06. The number of rotatable bonds is 6. The minimum absolute atomic E-state index is 0.0234. The Labute approximate surface area is 154 Å². The molecule has 2 aromatic rings. The van der Waals surface area contributed by atoms with Crippen molar-refractivity contribution in [2.24, 2.45) is 0 Å². The zero-order valence-electron chi connectivity index (χ0n) is 15.3. The van der Waals surface area contributed by atoms with Crippen LogP contribution in [0, 0.1) is 0 Å². The average molecular weight is 354 g/mol. The predicted octanol–water partition coefficient (Wildman–Crippen LogP) is 4.14. The standard InChI is InChI=1S/C21H26N2O3/c1-16(17-8-4-2-5-9-17)23-15-22-13-19(23)20(24)26-21(12-18-14-25-18)10-6-3-7-11-21/h2,4-5,8-9,13,15-16,18H,3,6-7,10-12,14H2,1H3/t16-,18?/m1/s1. The van der Waals surface area contributed by atoms with E-state index in [1.165, 1.54) is 6.42 Å². The van der Waals surface area contributed by atoms with Gasteiger partial charge in [-0.2, -0.15) is 0 Å². The minimum Gasteiger partial charge on any atom is -0.454 e. The van der Waals surface area contributed by atoms with Gasteiger partial charge in [0.15, 0.2) is 0 Å². The van der Waals surface area contributed by atoms with Crippen LogP contribution in [0.5, 0.6) is 0 Å². The highest BCUT2D eigenvalue weighted by Crippen LogP contribution is 2.39. The zero-order chi connectivity index (χ0) is 18.0. The van der Waals surface area contributed by atoms with Crippen molar-refractivity contribution in [3.8, 4) is 0 Å². The third kappa shape index (κ3) is 3.68. The van der Waals surface area contributed by atoms with Crippen molar-refractivity contribution < 1.29 is 14.3 Å². The SMILES string of the molecule is C[C@H](c1ccccc1)n1cncc1C(=O)OC1(CC2CO2)CCCCC1. The Morgan fingerprint density at radius 3 is 2.73 bits per heavy atom. The molecule has 1 aliphatic heterocycles. The summed E-state index contributed by atoms with van der Waals surface area (Å²) in [5.74, 6) is -0.271. The highest BCUT2D eigenvalue weighted by Gasteiger charge is 2.42. The summed E-state index contributed by atoms with van der Waals surface area (Å²) in [7, 11) is 0. The van der Waals surface area contributed by atoms with E-state index in [0.29, 0.717) is 5.69 Å². The summed E-state index contributed by atoms with van der Waals surface area (Å²) in [6.07, 6.45) is 9.71. The van der Waals surface area contributed by atoms with E-state index in [-0.39, 0.29) is 23.7 Å². The van der Waals surface area contributed by atoms with Crippen LogP contribution < -0.4 is 0 Å². The van der Waals surface area contributed by atoms with Gasteiger partial charge in [0, 0.05) is 6.42 Å². The molecular weight excluding hydrogens is 328 g/mol. The third-order valence-corrected chi connectivity index (χ3v) is 5.65. The van der Waals surface area contributed by atoms with E-state index >= 15 is 0 Å². The van der Waals surface area contributed by atoms with Crippen LogP contribution in [0.3, 0.4) is 0 Å². The van der Waals surface area contributed by atoms with Crippen molar-refractivity contribution in [1.82, 2.24) is 9.55 Å². The van der Waals surface area contributed by atoms with Crippen LogP contribution in [0.1, 0.15) is 67.5 Å². The van der Waals surface area contributed by atoms with Gasteiger partial charge in [0.2, 0.25) is 0 Å². The highest BCUT2D eigenvalue weighted by molar-refractivity contribution is 5.87. The number of esters is 1. The molecule has 0 amide bonds. The van der Waals surface area contributed by atoms with Crippen LogP contribution >= 0.6 is 0 Å². The van der Waals surface area contributed by atoms with E-state index in [1.807, 2.05) is 22.8 Å². The molecule has 1 aromatic carbocycles. The van der Waals surface area contributed by atoms with Crippen molar-refractivity contribution in [3.05, 3.63) is 54.1 Å². The summed E-state index contributed by atoms with van der Waals surface area (Å²) in [6.45, 7) is 2.87. The van der Waals surface area contributed by atoms with Gasteiger partial charge in [-0.25, -0.2) is 9.78 Å². The lowest BCUT2D eigenvalue weighted by atomic mass is 9.81. The molecule has 2 heterocycles. The number of carbonyl (C=O) groups is 1. The van der Waals surface area contributed by atoms with E-state index in [4.69, 9.17) is 9.47 Å². The molecule has 5 nitrogen and oxygen atoms in total. The molecule has 1 unspecified atom stereocenters. The van der Waals surface area contributed by atoms with Crippen molar-refractivity contribution >= 4 is 5.97 Å². The van der Waals surface area contributed by atoms with Gasteiger partial charge in [-0.1, -0.05) is 36.8 Å². The molecule has 0 bridgehead atoms. The van der Waals surface area contributed by atoms with Gasteiger partial charge in [-0.3, -0.25) is 0 Å².